The zero-order valence-electron chi connectivity index (χ0n) is 20.2. The Hall–Kier alpha value is -4.13. The fourth-order valence-electron chi connectivity index (χ4n) is 4.51. The fraction of sp³-hybridized carbons (Fsp3) is 0.250. The summed E-state index contributed by atoms with van der Waals surface area (Å²) in [5.41, 5.74) is 4.49. The van der Waals surface area contributed by atoms with Crippen molar-refractivity contribution in [2.45, 2.75) is 39.2 Å². The summed E-state index contributed by atoms with van der Waals surface area (Å²) in [7, 11) is 1.96. The summed E-state index contributed by atoms with van der Waals surface area (Å²) in [6.45, 7) is 5.78. The molecule has 7 nitrogen and oxygen atoms in total. The molecule has 178 valence electrons. The summed E-state index contributed by atoms with van der Waals surface area (Å²) in [5.74, 6) is 0.804. The van der Waals surface area contributed by atoms with Gasteiger partial charge in [-0.15, -0.1) is 0 Å². The second-order valence-electron chi connectivity index (χ2n) is 9.07. The number of carbonyl (C=O) groups is 2. The number of rotatable bonds is 6. The van der Waals surface area contributed by atoms with E-state index in [1.807, 2.05) is 29.9 Å². The second-order valence-corrected chi connectivity index (χ2v) is 9.07. The van der Waals surface area contributed by atoms with Gasteiger partial charge in [-0.05, 0) is 67.8 Å². The number of alkyl carbamates (subject to hydrolysis) is 1. The fourth-order valence-corrected chi connectivity index (χ4v) is 4.51. The van der Waals surface area contributed by atoms with E-state index in [4.69, 9.17) is 14.6 Å². The van der Waals surface area contributed by atoms with Crippen molar-refractivity contribution in [1.29, 1.82) is 0 Å². The molecule has 1 aliphatic rings. The van der Waals surface area contributed by atoms with Gasteiger partial charge in [-0.25, -0.2) is 4.79 Å². The maximum atomic E-state index is 12.3. The van der Waals surface area contributed by atoms with Crippen LogP contribution < -0.4 is 10.1 Å². The number of fused-ring (bicyclic) bond motifs is 1. The van der Waals surface area contributed by atoms with E-state index < -0.39 is 17.6 Å². The Morgan fingerprint density at radius 1 is 1.09 bits per heavy atom. The Balaban J connectivity index is 1.50. The van der Waals surface area contributed by atoms with Gasteiger partial charge in [0.1, 0.15) is 17.2 Å². The van der Waals surface area contributed by atoms with E-state index in [0.717, 1.165) is 46.3 Å². The summed E-state index contributed by atoms with van der Waals surface area (Å²) in [6, 6.07) is 19.6. The lowest BCUT2D eigenvalue weighted by molar-refractivity contribution is -0.130. The maximum absolute atomic E-state index is 12.3. The molecular weight excluding hydrogens is 442 g/mol. The molecule has 1 atom stereocenters. The molecule has 3 aromatic carbocycles. The average molecular weight is 470 g/mol. The van der Waals surface area contributed by atoms with Crippen molar-refractivity contribution in [1.82, 2.24) is 15.1 Å². The van der Waals surface area contributed by atoms with Gasteiger partial charge in [-0.1, -0.05) is 37.6 Å². The molecule has 7 heteroatoms. The number of nitrogens with zero attached hydrogens (tertiary/aromatic N) is 2. The van der Waals surface area contributed by atoms with Gasteiger partial charge in [0, 0.05) is 23.6 Å². The topological polar surface area (TPSA) is 82.4 Å². The quantitative estimate of drug-likeness (QED) is 0.387. The summed E-state index contributed by atoms with van der Waals surface area (Å²) in [5, 5.41) is 8.09. The predicted molar refractivity (Wildman–Crippen MR) is 133 cm³/mol. The minimum absolute atomic E-state index is 0.492. The number of nitrogens with one attached hydrogen (secondary N) is 1. The first-order chi connectivity index (χ1) is 16.8. The van der Waals surface area contributed by atoms with Gasteiger partial charge in [0.2, 0.25) is 5.60 Å². The van der Waals surface area contributed by atoms with Crippen LogP contribution in [0.3, 0.4) is 0 Å². The van der Waals surface area contributed by atoms with E-state index >= 15 is 0 Å². The zero-order valence-corrected chi connectivity index (χ0v) is 20.2. The first kappa shape index (κ1) is 22.7. The molecule has 1 aromatic heterocycles. The molecule has 2 amide bonds. The van der Waals surface area contributed by atoms with E-state index in [1.165, 1.54) is 5.56 Å². The van der Waals surface area contributed by atoms with Crippen LogP contribution in [0.5, 0.6) is 11.5 Å². The molecule has 1 N–H and O–H groups in total. The molecule has 1 aliphatic heterocycles. The third-order valence-electron chi connectivity index (χ3n) is 6.42. The molecule has 2 heterocycles. The maximum Gasteiger partial charge on any atom is 0.415 e. The van der Waals surface area contributed by atoms with Crippen LogP contribution in [0.2, 0.25) is 0 Å². The number of amides is 2. The number of ether oxygens (including phenoxy) is 2. The van der Waals surface area contributed by atoms with E-state index in [1.54, 1.807) is 25.1 Å². The molecule has 0 bridgehead atoms. The van der Waals surface area contributed by atoms with Crippen molar-refractivity contribution in [3.8, 4) is 22.8 Å². The highest BCUT2D eigenvalue weighted by Crippen LogP contribution is 2.36. The van der Waals surface area contributed by atoms with Crippen molar-refractivity contribution in [2.75, 3.05) is 0 Å². The molecule has 5 rings (SSSR count). The number of aromatic nitrogens is 2. The number of benzene rings is 3. The van der Waals surface area contributed by atoms with Gasteiger partial charge in [0.15, 0.2) is 0 Å². The average Bonchev–Trinajstić information content (AvgIpc) is 3.30. The van der Waals surface area contributed by atoms with Crippen molar-refractivity contribution >= 4 is 22.9 Å². The van der Waals surface area contributed by atoms with Crippen molar-refractivity contribution < 1.29 is 19.1 Å². The molecule has 35 heavy (non-hydrogen) atoms. The zero-order chi connectivity index (χ0) is 24.7. The Morgan fingerprint density at radius 3 is 2.66 bits per heavy atom. The third kappa shape index (κ3) is 4.03. The van der Waals surface area contributed by atoms with E-state index in [2.05, 4.69) is 43.4 Å². The van der Waals surface area contributed by atoms with Crippen LogP contribution in [0.4, 0.5) is 4.79 Å². The van der Waals surface area contributed by atoms with Gasteiger partial charge in [0.05, 0.1) is 5.52 Å². The van der Waals surface area contributed by atoms with Crippen LogP contribution in [-0.2, 0) is 28.6 Å². The number of aryl methyl sites for hydroxylation is 3. The Bertz CT molecular complexity index is 1470. The Labute approximate surface area is 203 Å². The lowest BCUT2D eigenvalue weighted by Gasteiger charge is -2.20. The normalized spacial score (nSPS) is 17.5. The number of imide groups is 1. The molecule has 4 aromatic rings. The van der Waals surface area contributed by atoms with Crippen LogP contribution in [0.25, 0.3) is 22.2 Å². The van der Waals surface area contributed by atoms with Crippen LogP contribution in [0.1, 0.15) is 37.0 Å². The molecule has 1 saturated heterocycles. The summed E-state index contributed by atoms with van der Waals surface area (Å²) >= 11 is 0. The number of hydrogen-bond acceptors (Lipinski definition) is 5. The monoisotopic (exact) mass is 469 g/mol. The molecule has 0 radical (unpaired) electrons. The number of carbonyl (C=O) groups excluding carboxylic acids is 2. The molecular formula is C28H27N3O4. The van der Waals surface area contributed by atoms with Crippen molar-refractivity contribution in [2.24, 2.45) is 7.05 Å². The molecule has 0 unspecified atom stereocenters. The first-order valence-corrected chi connectivity index (χ1v) is 11.7. The van der Waals surface area contributed by atoms with Gasteiger partial charge in [-0.3, -0.25) is 14.8 Å². The number of hydrogen-bond donors (Lipinski definition) is 1. The largest absolute Gasteiger partial charge is 0.457 e. The molecule has 1 fully saturated rings. The van der Waals surface area contributed by atoms with Crippen molar-refractivity contribution in [3.05, 3.63) is 77.4 Å². The standard InChI is InChI=1S/C28H27N3O4/c1-5-7-18-15-19(25-22-12-10-17(2)14-23(22)31(4)30-25)11-13-24(18)34-21-9-6-8-20(16-21)28(3)26(32)29-27(33)35-28/h6,8-16H,5,7H2,1-4H3,(H,29,32,33)/t28-/m1/s1. The second kappa shape index (κ2) is 8.58. The smallest absolute Gasteiger partial charge is 0.415 e. The van der Waals surface area contributed by atoms with Gasteiger partial charge in [0.25, 0.3) is 5.91 Å². The van der Waals surface area contributed by atoms with Gasteiger partial charge >= 0.3 is 6.09 Å². The lowest BCUT2D eigenvalue weighted by atomic mass is 9.95. The van der Waals surface area contributed by atoms with Crippen LogP contribution in [-0.4, -0.2) is 21.8 Å². The molecule has 0 aliphatic carbocycles. The van der Waals surface area contributed by atoms with Crippen LogP contribution >= 0.6 is 0 Å². The van der Waals surface area contributed by atoms with E-state index in [9.17, 15) is 9.59 Å². The highest BCUT2D eigenvalue weighted by atomic mass is 16.6. The summed E-state index contributed by atoms with van der Waals surface area (Å²) < 4.78 is 13.4. The molecule has 0 spiro atoms. The van der Waals surface area contributed by atoms with E-state index in [0.29, 0.717) is 11.3 Å². The van der Waals surface area contributed by atoms with E-state index in [-0.39, 0.29) is 0 Å². The third-order valence-corrected chi connectivity index (χ3v) is 6.42. The van der Waals surface area contributed by atoms with Crippen molar-refractivity contribution in [3.63, 3.8) is 0 Å². The Morgan fingerprint density at radius 2 is 1.91 bits per heavy atom. The van der Waals surface area contributed by atoms with Gasteiger partial charge in [-0.2, -0.15) is 5.10 Å². The summed E-state index contributed by atoms with van der Waals surface area (Å²) in [6.07, 6.45) is 1.04. The minimum atomic E-state index is -1.38. The highest BCUT2D eigenvalue weighted by Gasteiger charge is 2.46. The SMILES string of the molecule is CCCc1cc(-c2nn(C)c3cc(C)ccc23)ccc1Oc1cccc([C@@]2(C)OC(=O)NC2=O)c1. The lowest BCUT2D eigenvalue weighted by Crippen LogP contribution is -2.33. The minimum Gasteiger partial charge on any atom is -0.457 e. The van der Waals surface area contributed by atoms with Gasteiger partial charge < -0.3 is 9.47 Å². The highest BCUT2D eigenvalue weighted by molar-refractivity contribution is 6.03. The van der Waals surface area contributed by atoms with Crippen LogP contribution in [0.15, 0.2) is 60.7 Å². The van der Waals surface area contributed by atoms with Crippen LogP contribution in [0, 0.1) is 6.92 Å². The molecule has 0 saturated carbocycles. The number of cyclic esters (lactones) is 1. The predicted octanol–water partition coefficient (Wildman–Crippen LogP) is 5.78. The first-order valence-electron chi connectivity index (χ1n) is 11.7. The summed E-state index contributed by atoms with van der Waals surface area (Å²) in [4.78, 5) is 23.9. The Kier molecular flexibility index (Phi) is 5.55.